The third-order valence-corrected chi connectivity index (χ3v) is 3.15. The Bertz CT molecular complexity index is 356. The Hall–Kier alpha value is -1.29. The van der Waals surface area contributed by atoms with Crippen LogP contribution in [-0.4, -0.2) is 18.5 Å². The largest absolute Gasteiger partial charge is 0.469 e. The molecule has 0 spiro atoms. The smallest absolute Gasteiger partial charge is 0.254 e. The molecule has 1 atom stereocenters. The lowest BCUT2D eigenvalue weighted by Crippen LogP contribution is -2.41. The van der Waals surface area contributed by atoms with Crippen molar-refractivity contribution in [3.8, 4) is 0 Å². The summed E-state index contributed by atoms with van der Waals surface area (Å²) in [6, 6.07) is 1.74. The van der Waals surface area contributed by atoms with E-state index in [0.29, 0.717) is 18.0 Å². The highest BCUT2D eigenvalue weighted by atomic mass is 16.3. The van der Waals surface area contributed by atoms with Gasteiger partial charge in [0.25, 0.3) is 5.91 Å². The van der Waals surface area contributed by atoms with Gasteiger partial charge in [-0.25, -0.2) is 0 Å². The van der Waals surface area contributed by atoms with Gasteiger partial charge in [-0.3, -0.25) is 4.79 Å². The van der Waals surface area contributed by atoms with Crippen LogP contribution in [0.15, 0.2) is 16.7 Å². The Labute approximate surface area is 103 Å². The van der Waals surface area contributed by atoms with E-state index in [1.54, 1.807) is 6.07 Å². The van der Waals surface area contributed by atoms with E-state index in [2.05, 4.69) is 19.2 Å². The number of carbonyl (C=O) groups excluding carboxylic acids is 1. The van der Waals surface area contributed by atoms with Crippen LogP contribution in [0.25, 0.3) is 0 Å². The quantitative estimate of drug-likeness (QED) is 0.797. The Kier molecular flexibility index (Phi) is 5.22. The molecule has 1 unspecified atom stereocenters. The molecule has 1 heterocycles. The van der Waals surface area contributed by atoms with Crippen molar-refractivity contribution in [1.29, 1.82) is 0 Å². The summed E-state index contributed by atoms with van der Waals surface area (Å²) in [5.74, 6) is 1.07. The molecule has 0 saturated heterocycles. The van der Waals surface area contributed by atoms with Gasteiger partial charge in [-0.2, -0.15) is 0 Å². The maximum Gasteiger partial charge on any atom is 0.254 e. The van der Waals surface area contributed by atoms with Crippen LogP contribution in [-0.2, 0) is 0 Å². The van der Waals surface area contributed by atoms with E-state index in [0.717, 1.165) is 18.6 Å². The fourth-order valence-electron chi connectivity index (χ4n) is 1.94. The molecule has 0 aliphatic rings. The fourth-order valence-corrected chi connectivity index (χ4v) is 1.94. The number of rotatable bonds is 6. The van der Waals surface area contributed by atoms with Crippen LogP contribution in [0.5, 0.6) is 0 Å². The molecular formula is C13H22N2O2. The van der Waals surface area contributed by atoms with Gasteiger partial charge in [0.15, 0.2) is 0 Å². The molecule has 0 bridgehead atoms. The first-order valence-corrected chi connectivity index (χ1v) is 6.17. The first kappa shape index (κ1) is 13.8. The van der Waals surface area contributed by atoms with Crippen LogP contribution in [0.4, 0.5) is 0 Å². The van der Waals surface area contributed by atoms with Gasteiger partial charge in [-0.1, -0.05) is 26.7 Å². The summed E-state index contributed by atoms with van der Waals surface area (Å²) in [4.78, 5) is 11.7. The zero-order valence-corrected chi connectivity index (χ0v) is 10.8. The van der Waals surface area contributed by atoms with Crippen LogP contribution in [0.3, 0.4) is 0 Å². The summed E-state index contributed by atoms with van der Waals surface area (Å²) in [6.45, 7) is 6.56. The van der Waals surface area contributed by atoms with Crippen molar-refractivity contribution in [2.75, 3.05) is 6.54 Å². The van der Waals surface area contributed by atoms with E-state index in [1.807, 2.05) is 6.92 Å². The average Bonchev–Trinajstić information content (AvgIpc) is 2.74. The molecule has 1 aromatic rings. The van der Waals surface area contributed by atoms with Gasteiger partial charge in [0.2, 0.25) is 0 Å². The van der Waals surface area contributed by atoms with Gasteiger partial charge in [0.05, 0.1) is 5.56 Å². The Morgan fingerprint density at radius 1 is 1.47 bits per heavy atom. The number of nitrogens with two attached hydrogens (primary N) is 1. The number of carbonyl (C=O) groups is 1. The van der Waals surface area contributed by atoms with Crippen molar-refractivity contribution in [1.82, 2.24) is 5.32 Å². The second-order valence-corrected chi connectivity index (χ2v) is 4.40. The second-order valence-electron chi connectivity index (χ2n) is 4.40. The molecule has 0 saturated carbocycles. The number of furan rings is 1. The van der Waals surface area contributed by atoms with Crippen molar-refractivity contribution in [2.24, 2.45) is 11.7 Å². The zero-order chi connectivity index (χ0) is 12.8. The minimum absolute atomic E-state index is 0.0157. The number of amides is 1. The van der Waals surface area contributed by atoms with Crippen molar-refractivity contribution in [3.63, 3.8) is 0 Å². The molecular weight excluding hydrogens is 216 g/mol. The predicted octanol–water partition coefficient (Wildman–Crippen LogP) is 2.08. The van der Waals surface area contributed by atoms with Gasteiger partial charge < -0.3 is 15.5 Å². The summed E-state index contributed by atoms with van der Waals surface area (Å²) in [7, 11) is 0. The lowest BCUT2D eigenvalue weighted by molar-refractivity contribution is 0.0947. The van der Waals surface area contributed by atoms with Crippen LogP contribution < -0.4 is 11.1 Å². The van der Waals surface area contributed by atoms with E-state index in [1.165, 1.54) is 6.26 Å². The summed E-state index contributed by atoms with van der Waals surface area (Å²) in [5, 5.41) is 2.84. The van der Waals surface area contributed by atoms with Crippen molar-refractivity contribution >= 4 is 5.91 Å². The maximum atomic E-state index is 11.7. The highest BCUT2D eigenvalue weighted by Crippen LogP contribution is 2.11. The third kappa shape index (κ3) is 3.89. The Balaban J connectivity index is 2.43. The number of aryl methyl sites for hydroxylation is 1. The van der Waals surface area contributed by atoms with Gasteiger partial charge in [-0.15, -0.1) is 0 Å². The monoisotopic (exact) mass is 238 g/mol. The topological polar surface area (TPSA) is 68.3 Å². The summed E-state index contributed by atoms with van der Waals surface area (Å²) < 4.78 is 5.09. The summed E-state index contributed by atoms with van der Waals surface area (Å²) in [5.41, 5.74) is 6.59. The lowest BCUT2D eigenvalue weighted by Gasteiger charge is -2.21. The number of hydrogen-bond donors (Lipinski definition) is 2. The van der Waals surface area contributed by atoms with Gasteiger partial charge in [0.1, 0.15) is 12.0 Å². The molecule has 0 aliphatic carbocycles. The molecule has 0 radical (unpaired) electrons. The minimum Gasteiger partial charge on any atom is -0.469 e. The number of nitrogens with one attached hydrogen (secondary N) is 1. The minimum atomic E-state index is -0.122. The van der Waals surface area contributed by atoms with E-state index >= 15 is 0 Å². The number of hydrogen-bond acceptors (Lipinski definition) is 3. The third-order valence-electron chi connectivity index (χ3n) is 3.15. The highest BCUT2D eigenvalue weighted by Gasteiger charge is 2.15. The summed E-state index contributed by atoms with van der Waals surface area (Å²) in [6.07, 6.45) is 3.55. The van der Waals surface area contributed by atoms with E-state index in [4.69, 9.17) is 10.2 Å². The van der Waals surface area contributed by atoms with Gasteiger partial charge in [-0.05, 0) is 18.9 Å². The molecule has 96 valence electrons. The van der Waals surface area contributed by atoms with Gasteiger partial charge in [0, 0.05) is 12.6 Å². The van der Waals surface area contributed by atoms with Crippen LogP contribution in [0, 0.1) is 12.8 Å². The van der Waals surface area contributed by atoms with E-state index in [9.17, 15) is 4.79 Å². The molecule has 1 aromatic heterocycles. The zero-order valence-electron chi connectivity index (χ0n) is 10.8. The first-order valence-electron chi connectivity index (χ1n) is 6.17. The van der Waals surface area contributed by atoms with Crippen molar-refractivity contribution in [2.45, 2.75) is 39.7 Å². The molecule has 0 aromatic carbocycles. The normalized spacial score (nSPS) is 12.8. The predicted molar refractivity (Wildman–Crippen MR) is 67.8 cm³/mol. The lowest BCUT2D eigenvalue weighted by atomic mass is 9.95. The Morgan fingerprint density at radius 2 is 2.12 bits per heavy atom. The first-order chi connectivity index (χ1) is 8.08. The maximum absolute atomic E-state index is 11.7. The van der Waals surface area contributed by atoms with Crippen LogP contribution >= 0.6 is 0 Å². The Morgan fingerprint density at radius 3 is 2.59 bits per heavy atom. The van der Waals surface area contributed by atoms with Crippen molar-refractivity contribution < 1.29 is 9.21 Å². The molecule has 4 heteroatoms. The van der Waals surface area contributed by atoms with Crippen LogP contribution in [0.1, 0.15) is 42.8 Å². The van der Waals surface area contributed by atoms with E-state index < -0.39 is 0 Å². The molecule has 4 nitrogen and oxygen atoms in total. The fraction of sp³-hybridized carbons (Fsp3) is 0.615. The standard InChI is InChI=1S/C13H22N2O2/c1-4-10(5-2)12(14)7-15-13(16)11-6-9(3)17-8-11/h6,8,10,12H,4-5,7,14H2,1-3H3,(H,15,16). The SMILES string of the molecule is CCC(CC)C(N)CNC(=O)c1coc(C)c1. The molecule has 3 N–H and O–H groups in total. The van der Waals surface area contributed by atoms with Crippen molar-refractivity contribution in [3.05, 3.63) is 23.7 Å². The molecule has 0 fully saturated rings. The van der Waals surface area contributed by atoms with Gasteiger partial charge >= 0.3 is 0 Å². The molecule has 1 amide bonds. The second kappa shape index (κ2) is 6.45. The molecule has 17 heavy (non-hydrogen) atoms. The summed E-state index contributed by atoms with van der Waals surface area (Å²) >= 11 is 0. The molecule has 1 rings (SSSR count). The average molecular weight is 238 g/mol. The van der Waals surface area contributed by atoms with Crippen LogP contribution in [0.2, 0.25) is 0 Å². The van der Waals surface area contributed by atoms with E-state index in [-0.39, 0.29) is 11.9 Å². The highest BCUT2D eigenvalue weighted by molar-refractivity contribution is 5.93. The molecule has 0 aliphatic heterocycles.